The summed E-state index contributed by atoms with van der Waals surface area (Å²) in [5.41, 5.74) is 6.13. The summed E-state index contributed by atoms with van der Waals surface area (Å²) >= 11 is 0. The lowest BCUT2D eigenvalue weighted by molar-refractivity contribution is -0.119. The second-order valence-corrected chi connectivity index (χ2v) is 7.04. The number of halogens is 1. The van der Waals surface area contributed by atoms with Crippen LogP contribution in [0.25, 0.3) is 0 Å². The van der Waals surface area contributed by atoms with Crippen LogP contribution in [0.15, 0.2) is 29.3 Å². The molecule has 1 aliphatic heterocycles. The molecule has 0 aromatic heterocycles. The molecular weight excluding hydrogens is 319 g/mol. The summed E-state index contributed by atoms with van der Waals surface area (Å²) in [6, 6.07) is 7.21. The predicted molar refractivity (Wildman–Crippen MR) is 96.8 cm³/mol. The van der Waals surface area contributed by atoms with Crippen molar-refractivity contribution in [2.24, 2.45) is 16.6 Å². The van der Waals surface area contributed by atoms with Gasteiger partial charge in [0.25, 0.3) is 0 Å². The lowest BCUT2D eigenvalue weighted by atomic mass is 9.95. The fourth-order valence-corrected chi connectivity index (χ4v) is 3.74. The van der Waals surface area contributed by atoms with E-state index < -0.39 is 0 Å². The molecule has 3 rings (SSSR count). The zero-order chi connectivity index (χ0) is 17.8. The fourth-order valence-electron chi connectivity index (χ4n) is 3.74. The number of aliphatic imine (C=N–C) groups is 1. The Labute approximate surface area is 148 Å². The van der Waals surface area contributed by atoms with Crippen molar-refractivity contribution in [3.05, 3.63) is 35.6 Å². The van der Waals surface area contributed by atoms with E-state index in [1.807, 2.05) is 19.1 Å². The number of nitrogens with zero attached hydrogens (tertiary/aromatic N) is 2. The number of carbonyl (C=O) groups is 1. The fraction of sp³-hybridized carbons (Fsp3) is 0.579. The Bertz CT molecular complexity index is 648. The number of guanidine groups is 1. The van der Waals surface area contributed by atoms with Gasteiger partial charge in [-0.05, 0) is 43.7 Å². The molecule has 136 valence electrons. The molecule has 1 saturated carbocycles. The number of primary amides is 1. The summed E-state index contributed by atoms with van der Waals surface area (Å²) in [5, 5.41) is 3.50. The minimum absolute atomic E-state index is 0.134. The molecule has 1 aromatic rings. The van der Waals surface area contributed by atoms with Crippen molar-refractivity contribution >= 4 is 11.9 Å². The van der Waals surface area contributed by atoms with Gasteiger partial charge in [-0.3, -0.25) is 9.79 Å². The van der Waals surface area contributed by atoms with Gasteiger partial charge >= 0.3 is 0 Å². The molecule has 1 aromatic carbocycles. The summed E-state index contributed by atoms with van der Waals surface area (Å²) in [5.74, 6) is 0.993. The van der Waals surface area contributed by atoms with Crippen LogP contribution in [0.4, 0.5) is 4.39 Å². The number of amides is 1. The third kappa shape index (κ3) is 4.50. The summed E-state index contributed by atoms with van der Waals surface area (Å²) in [7, 11) is 0. The third-order valence-corrected chi connectivity index (χ3v) is 5.03. The van der Waals surface area contributed by atoms with Crippen LogP contribution < -0.4 is 11.1 Å². The highest BCUT2D eigenvalue weighted by atomic mass is 19.1. The quantitative estimate of drug-likeness (QED) is 0.634. The van der Waals surface area contributed by atoms with Gasteiger partial charge in [-0.15, -0.1) is 0 Å². The topological polar surface area (TPSA) is 70.7 Å². The molecule has 1 saturated heterocycles. The number of nitrogens with two attached hydrogens (primary N) is 1. The van der Waals surface area contributed by atoms with Gasteiger partial charge in [0.2, 0.25) is 5.91 Å². The van der Waals surface area contributed by atoms with Crippen LogP contribution in [0, 0.1) is 11.7 Å². The Hall–Kier alpha value is -2.11. The van der Waals surface area contributed by atoms with Crippen LogP contribution in [-0.2, 0) is 4.79 Å². The molecule has 1 amide bonds. The Morgan fingerprint density at radius 2 is 2.24 bits per heavy atom. The van der Waals surface area contributed by atoms with E-state index in [9.17, 15) is 9.18 Å². The number of hydrogen-bond donors (Lipinski definition) is 2. The molecule has 0 spiro atoms. The van der Waals surface area contributed by atoms with Gasteiger partial charge in [0.05, 0.1) is 0 Å². The molecule has 3 N–H and O–H groups in total. The molecule has 3 unspecified atom stereocenters. The maximum atomic E-state index is 14.0. The number of carbonyl (C=O) groups excluding carboxylic acids is 1. The van der Waals surface area contributed by atoms with Gasteiger partial charge in [0, 0.05) is 38.0 Å². The van der Waals surface area contributed by atoms with Gasteiger partial charge in [0.1, 0.15) is 5.82 Å². The minimum Gasteiger partial charge on any atom is -0.370 e. The molecule has 2 aliphatic rings. The molecule has 6 heteroatoms. The first kappa shape index (κ1) is 17.7. The molecule has 5 nitrogen and oxygen atoms in total. The van der Waals surface area contributed by atoms with Crippen molar-refractivity contribution in [3.8, 4) is 0 Å². The van der Waals surface area contributed by atoms with Crippen molar-refractivity contribution in [1.29, 1.82) is 0 Å². The van der Waals surface area contributed by atoms with Crippen molar-refractivity contribution in [2.75, 3.05) is 19.6 Å². The van der Waals surface area contributed by atoms with Crippen molar-refractivity contribution in [1.82, 2.24) is 10.2 Å². The van der Waals surface area contributed by atoms with Crippen LogP contribution in [0.2, 0.25) is 0 Å². The summed E-state index contributed by atoms with van der Waals surface area (Å²) in [6.45, 7) is 4.42. The Morgan fingerprint density at radius 3 is 2.96 bits per heavy atom. The number of hydrogen-bond acceptors (Lipinski definition) is 2. The van der Waals surface area contributed by atoms with E-state index in [1.54, 1.807) is 6.07 Å². The smallest absolute Gasteiger partial charge is 0.217 e. The Morgan fingerprint density at radius 1 is 1.44 bits per heavy atom. The van der Waals surface area contributed by atoms with Crippen LogP contribution in [-0.4, -0.2) is 42.4 Å². The van der Waals surface area contributed by atoms with E-state index in [-0.39, 0.29) is 29.6 Å². The monoisotopic (exact) mass is 346 g/mol. The van der Waals surface area contributed by atoms with Gasteiger partial charge in [0.15, 0.2) is 5.96 Å². The minimum atomic E-state index is -0.240. The predicted octanol–water partition coefficient (Wildman–Crippen LogP) is 2.23. The zero-order valence-electron chi connectivity index (χ0n) is 14.7. The second-order valence-electron chi connectivity index (χ2n) is 7.04. The highest BCUT2D eigenvalue weighted by Crippen LogP contribution is 2.42. The summed E-state index contributed by atoms with van der Waals surface area (Å²) in [4.78, 5) is 18.0. The standard InChI is InChI=1S/C19H27FN4O/c1-2-22-19(24-9-5-6-13(12-24)10-18(21)25)23-17-11-15(17)14-7-3-4-8-16(14)20/h3-4,7-8,13,15,17H,2,5-6,9-12H2,1H3,(H2,21,25)(H,22,23). The average Bonchev–Trinajstić information content (AvgIpc) is 3.33. The van der Waals surface area contributed by atoms with E-state index in [1.165, 1.54) is 6.07 Å². The Balaban J connectivity index is 1.62. The molecule has 3 atom stereocenters. The van der Waals surface area contributed by atoms with E-state index in [4.69, 9.17) is 5.73 Å². The number of benzene rings is 1. The molecule has 1 aliphatic carbocycles. The molecule has 25 heavy (non-hydrogen) atoms. The third-order valence-electron chi connectivity index (χ3n) is 5.03. The maximum Gasteiger partial charge on any atom is 0.217 e. The van der Waals surface area contributed by atoms with Crippen molar-refractivity contribution < 1.29 is 9.18 Å². The Kier molecular flexibility index (Phi) is 5.56. The summed E-state index contributed by atoms with van der Waals surface area (Å²) in [6.07, 6.45) is 3.41. The van der Waals surface area contributed by atoms with Gasteiger partial charge in [-0.2, -0.15) is 0 Å². The van der Waals surface area contributed by atoms with Crippen LogP contribution in [0.3, 0.4) is 0 Å². The van der Waals surface area contributed by atoms with Gasteiger partial charge in [-0.25, -0.2) is 4.39 Å². The number of rotatable bonds is 5. The van der Waals surface area contributed by atoms with Crippen LogP contribution >= 0.6 is 0 Å². The lowest BCUT2D eigenvalue weighted by Gasteiger charge is -2.35. The van der Waals surface area contributed by atoms with Gasteiger partial charge in [-0.1, -0.05) is 18.2 Å². The summed E-state index contributed by atoms with van der Waals surface area (Å²) < 4.78 is 14.0. The zero-order valence-corrected chi connectivity index (χ0v) is 14.7. The first-order valence-corrected chi connectivity index (χ1v) is 9.17. The first-order chi connectivity index (χ1) is 12.1. The average molecular weight is 346 g/mol. The van der Waals surface area contributed by atoms with Crippen LogP contribution in [0.1, 0.15) is 44.1 Å². The molecule has 0 radical (unpaired) electrons. The maximum absolute atomic E-state index is 14.0. The van der Waals surface area contributed by atoms with Crippen molar-refractivity contribution in [3.63, 3.8) is 0 Å². The second kappa shape index (κ2) is 7.85. The van der Waals surface area contributed by atoms with Crippen LogP contribution in [0.5, 0.6) is 0 Å². The number of likely N-dealkylation sites (tertiary alicyclic amines) is 1. The first-order valence-electron chi connectivity index (χ1n) is 9.17. The largest absolute Gasteiger partial charge is 0.370 e. The SMILES string of the molecule is CCN=C(NC1CC1c1ccccc1F)N1CCCC(CC(N)=O)C1. The normalized spacial score (nSPS) is 26.4. The van der Waals surface area contributed by atoms with E-state index in [0.717, 1.165) is 43.9 Å². The van der Waals surface area contributed by atoms with E-state index in [2.05, 4.69) is 15.2 Å². The highest BCUT2D eigenvalue weighted by Gasteiger charge is 2.41. The molecule has 0 bridgehead atoms. The molecule has 2 fully saturated rings. The van der Waals surface area contributed by atoms with Gasteiger partial charge < -0.3 is 16.0 Å². The molecular formula is C19H27FN4O. The number of nitrogens with one attached hydrogen (secondary N) is 1. The molecule has 1 heterocycles. The lowest BCUT2D eigenvalue weighted by Crippen LogP contribution is -2.48. The highest BCUT2D eigenvalue weighted by molar-refractivity contribution is 5.81. The van der Waals surface area contributed by atoms with E-state index in [0.29, 0.717) is 13.0 Å². The number of piperidine rings is 1. The van der Waals surface area contributed by atoms with Crippen molar-refractivity contribution in [2.45, 2.75) is 44.6 Å². The van der Waals surface area contributed by atoms with E-state index >= 15 is 0 Å².